The van der Waals surface area contributed by atoms with Crippen molar-refractivity contribution in [3.8, 4) is 0 Å². The fourth-order valence-electron chi connectivity index (χ4n) is 1.87. The van der Waals surface area contributed by atoms with Crippen LogP contribution in [0.5, 0.6) is 0 Å². The summed E-state index contributed by atoms with van der Waals surface area (Å²) < 4.78 is 0. The second-order valence-corrected chi connectivity index (χ2v) is 4.96. The van der Waals surface area contributed by atoms with Gasteiger partial charge in [-0.25, -0.2) is 4.79 Å². The van der Waals surface area contributed by atoms with Crippen LogP contribution in [0.3, 0.4) is 0 Å². The lowest BCUT2D eigenvalue weighted by molar-refractivity contribution is -0.131. The molecule has 2 N–H and O–H groups in total. The first kappa shape index (κ1) is 13.3. The zero-order chi connectivity index (χ0) is 13.8. The number of carboxylic acids is 1. The van der Waals surface area contributed by atoms with Crippen LogP contribution in [-0.4, -0.2) is 23.5 Å². The van der Waals surface area contributed by atoms with Crippen molar-refractivity contribution >= 4 is 18.0 Å². The van der Waals surface area contributed by atoms with Gasteiger partial charge in [-0.05, 0) is 55.0 Å². The molecule has 1 aromatic rings. The standard InChI is InChI=1S/C15H17NO3/c1-10-6-12(4-5-14(17)18)8-13(7-10)15(19)16-9-11-2-3-11/h4-8,11H,2-3,9H2,1H3,(H,16,19)(H,17,18)/b5-4+. The smallest absolute Gasteiger partial charge is 0.328 e. The Morgan fingerprint density at radius 3 is 2.74 bits per heavy atom. The van der Waals surface area contributed by atoms with Crippen molar-refractivity contribution in [1.82, 2.24) is 5.32 Å². The molecule has 0 bridgehead atoms. The van der Waals surface area contributed by atoms with Crippen LogP contribution in [0.1, 0.15) is 34.3 Å². The van der Waals surface area contributed by atoms with Crippen LogP contribution in [0.4, 0.5) is 0 Å². The van der Waals surface area contributed by atoms with Gasteiger partial charge in [-0.2, -0.15) is 0 Å². The first-order valence-corrected chi connectivity index (χ1v) is 6.35. The molecule has 0 radical (unpaired) electrons. The van der Waals surface area contributed by atoms with Crippen LogP contribution in [0.2, 0.25) is 0 Å². The monoisotopic (exact) mass is 259 g/mol. The minimum absolute atomic E-state index is 0.0967. The van der Waals surface area contributed by atoms with Gasteiger partial charge in [-0.15, -0.1) is 0 Å². The topological polar surface area (TPSA) is 66.4 Å². The van der Waals surface area contributed by atoms with Gasteiger partial charge in [-0.3, -0.25) is 4.79 Å². The van der Waals surface area contributed by atoms with Gasteiger partial charge in [0.15, 0.2) is 0 Å². The van der Waals surface area contributed by atoms with Crippen LogP contribution in [-0.2, 0) is 4.79 Å². The number of aliphatic carboxylic acids is 1. The number of nitrogens with one attached hydrogen (secondary N) is 1. The number of carboxylic acid groups (broad SMARTS) is 1. The Balaban J connectivity index is 2.10. The van der Waals surface area contributed by atoms with Gasteiger partial charge in [-0.1, -0.05) is 6.07 Å². The van der Waals surface area contributed by atoms with Gasteiger partial charge < -0.3 is 10.4 Å². The van der Waals surface area contributed by atoms with E-state index in [4.69, 9.17) is 5.11 Å². The van der Waals surface area contributed by atoms with Crippen LogP contribution < -0.4 is 5.32 Å². The summed E-state index contributed by atoms with van der Waals surface area (Å²) in [6, 6.07) is 5.35. The van der Waals surface area contributed by atoms with Crippen molar-refractivity contribution in [1.29, 1.82) is 0 Å². The zero-order valence-electron chi connectivity index (χ0n) is 10.8. The summed E-state index contributed by atoms with van der Waals surface area (Å²) in [6.07, 6.45) is 4.95. The molecule has 1 saturated carbocycles. The predicted molar refractivity (Wildman–Crippen MR) is 72.9 cm³/mol. The number of rotatable bonds is 5. The molecule has 1 aliphatic carbocycles. The molecule has 1 fully saturated rings. The Labute approximate surface area is 112 Å². The molecular weight excluding hydrogens is 242 g/mol. The average Bonchev–Trinajstić information content (AvgIpc) is 3.16. The summed E-state index contributed by atoms with van der Waals surface area (Å²) >= 11 is 0. The highest BCUT2D eigenvalue weighted by molar-refractivity contribution is 5.95. The molecule has 1 amide bonds. The quantitative estimate of drug-likeness (QED) is 0.797. The van der Waals surface area contributed by atoms with Crippen LogP contribution in [0, 0.1) is 12.8 Å². The second-order valence-electron chi connectivity index (χ2n) is 4.96. The fourth-order valence-corrected chi connectivity index (χ4v) is 1.87. The Hall–Kier alpha value is -2.10. The Morgan fingerprint density at radius 2 is 2.11 bits per heavy atom. The fraction of sp³-hybridized carbons (Fsp3) is 0.333. The van der Waals surface area contributed by atoms with Crippen molar-refractivity contribution in [2.45, 2.75) is 19.8 Å². The van der Waals surface area contributed by atoms with E-state index in [1.807, 2.05) is 13.0 Å². The van der Waals surface area contributed by atoms with E-state index in [2.05, 4.69) is 5.32 Å². The third kappa shape index (κ3) is 4.25. The van der Waals surface area contributed by atoms with Crippen LogP contribution >= 0.6 is 0 Å². The van der Waals surface area contributed by atoms with Crippen LogP contribution in [0.25, 0.3) is 6.08 Å². The third-order valence-corrected chi connectivity index (χ3v) is 3.03. The van der Waals surface area contributed by atoms with Crippen molar-refractivity contribution in [2.75, 3.05) is 6.54 Å². The molecule has 19 heavy (non-hydrogen) atoms. The molecule has 0 saturated heterocycles. The molecule has 0 heterocycles. The summed E-state index contributed by atoms with van der Waals surface area (Å²) in [5.74, 6) is -0.457. The van der Waals surface area contributed by atoms with E-state index < -0.39 is 5.97 Å². The molecule has 0 spiro atoms. The molecular formula is C15H17NO3. The summed E-state index contributed by atoms with van der Waals surface area (Å²) in [4.78, 5) is 22.5. The first-order chi connectivity index (χ1) is 9.04. The number of hydrogen-bond acceptors (Lipinski definition) is 2. The lowest BCUT2D eigenvalue weighted by Gasteiger charge is -2.06. The molecule has 100 valence electrons. The van der Waals surface area contributed by atoms with Gasteiger partial charge >= 0.3 is 5.97 Å². The summed E-state index contributed by atoms with van der Waals surface area (Å²) in [5.41, 5.74) is 2.23. The number of hydrogen-bond donors (Lipinski definition) is 2. The molecule has 0 aromatic heterocycles. The maximum Gasteiger partial charge on any atom is 0.328 e. The molecule has 4 heteroatoms. The lowest BCUT2D eigenvalue weighted by Crippen LogP contribution is -2.25. The molecule has 0 unspecified atom stereocenters. The number of benzene rings is 1. The van der Waals surface area contributed by atoms with E-state index in [9.17, 15) is 9.59 Å². The molecule has 0 aliphatic heterocycles. The second kappa shape index (κ2) is 5.69. The van der Waals surface area contributed by atoms with Crippen molar-refractivity contribution in [2.24, 2.45) is 5.92 Å². The van der Waals surface area contributed by atoms with E-state index in [0.29, 0.717) is 11.5 Å². The summed E-state index contributed by atoms with van der Waals surface area (Å²) in [7, 11) is 0. The largest absolute Gasteiger partial charge is 0.478 e. The number of carbonyl (C=O) groups excluding carboxylic acids is 1. The van der Waals surface area contributed by atoms with Crippen molar-refractivity contribution < 1.29 is 14.7 Å². The third-order valence-electron chi connectivity index (χ3n) is 3.03. The number of aryl methyl sites for hydroxylation is 1. The summed E-state index contributed by atoms with van der Waals surface area (Å²) in [6.45, 7) is 2.61. The van der Waals surface area contributed by atoms with Gasteiger partial charge in [0.05, 0.1) is 0 Å². The molecule has 2 rings (SSSR count). The minimum atomic E-state index is -0.999. The SMILES string of the molecule is Cc1cc(/C=C/C(=O)O)cc(C(=O)NCC2CC2)c1. The Morgan fingerprint density at radius 1 is 1.37 bits per heavy atom. The van der Waals surface area contributed by atoms with E-state index in [1.165, 1.54) is 18.9 Å². The molecule has 4 nitrogen and oxygen atoms in total. The van der Waals surface area contributed by atoms with E-state index in [-0.39, 0.29) is 5.91 Å². The first-order valence-electron chi connectivity index (χ1n) is 6.35. The lowest BCUT2D eigenvalue weighted by atomic mass is 10.1. The normalized spacial score (nSPS) is 14.6. The maximum absolute atomic E-state index is 12.0. The number of carbonyl (C=O) groups is 2. The molecule has 0 atom stereocenters. The highest BCUT2D eigenvalue weighted by Gasteiger charge is 2.21. The summed E-state index contributed by atoms with van der Waals surface area (Å²) in [5, 5.41) is 11.5. The Kier molecular flexibility index (Phi) is 4.00. The van der Waals surface area contributed by atoms with Crippen molar-refractivity contribution in [3.05, 3.63) is 41.0 Å². The van der Waals surface area contributed by atoms with Gasteiger partial charge in [0, 0.05) is 18.2 Å². The van der Waals surface area contributed by atoms with Gasteiger partial charge in [0.2, 0.25) is 0 Å². The van der Waals surface area contributed by atoms with E-state index >= 15 is 0 Å². The highest BCUT2D eigenvalue weighted by Crippen LogP contribution is 2.27. The Bertz CT molecular complexity index is 530. The minimum Gasteiger partial charge on any atom is -0.478 e. The average molecular weight is 259 g/mol. The molecule has 1 aliphatic rings. The van der Waals surface area contributed by atoms with Crippen LogP contribution in [0.15, 0.2) is 24.3 Å². The van der Waals surface area contributed by atoms with Gasteiger partial charge in [0.1, 0.15) is 0 Å². The van der Waals surface area contributed by atoms with E-state index in [1.54, 1.807) is 12.1 Å². The van der Waals surface area contributed by atoms with E-state index in [0.717, 1.165) is 23.7 Å². The van der Waals surface area contributed by atoms with Crippen molar-refractivity contribution in [3.63, 3.8) is 0 Å². The molecule has 1 aromatic carbocycles. The van der Waals surface area contributed by atoms with Gasteiger partial charge in [0.25, 0.3) is 5.91 Å². The highest BCUT2D eigenvalue weighted by atomic mass is 16.4. The zero-order valence-corrected chi connectivity index (χ0v) is 10.8. The number of amides is 1. The predicted octanol–water partition coefficient (Wildman–Crippen LogP) is 2.23. The maximum atomic E-state index is 12.0.